The van der Waals surface area contributed by atoms with Crippen molar-refractivity contribution in [2.24, 2.45) is 0 Å². The molecule has 0 atom stereocenters. The van der Waals surface area contributed by atoms with Crippen molar-refractivity contribution in [3.05, 3.63) is 35.4 Å². The minimum atomic E-state index is 0.724. The maximum Gasteiger partial charge on any atom is 0.0991 e. The van der Waals surface area contributed by atoms with Crippen molar-refractivity contribution >= 4 is 0 Å². The number of nitriles is 1. The van der Waals surface area contributed by atoms with Crippen molar-refractivity contribution in [1.82, 2.24) is 5.32 Å². The number of hydrogen-bond acceptors (Lipinski definition) is 2. The third-order valence-electron chi connectivity index (χ3n) is 2.12. The van der Waals surface area contributed by atoms with Gasteiger partial charge in [-0.15, -0.1) is 0 Å². The van der Waals surface area contributed by atoms with Crippen molar-refractivity contribution in [2.75, 3.05) is 6.54 Å². The zero-order valence-electron chi connectivity index (χ0n) is 8.59. The standard InChI is InChI=1S/C12H16N2/c1-2-3-8-14-10-12-6-4-11(9-13)5-7-12/h4-7,14H,2-3,8,10H2,1H3. The lowest BCUT2D eigenvalue weighted by Crippen LogP contribution is -2.14. The quantitative estimate of drug-likeness (QED) is 0.720. The SMILES string of the molecule is CCCCNCc1ccc(C#N)cc1. The molecule has 0 amide bonds. The smallest absolute Gasteiger partial charge is 0.0991 e. The van der Waals surface area contributed by atoms with E-state index >= 15 is 0 Å². The lowest BCUT2D eigenvalue weighted by atomic mass is 10.1. The van der Waals surface area contributed by atoms with Crippen molar-refractivity contribution in [3.63, 3.8) is 0 Å². The zero-order chi connectivity index (χ0) is 10.2. The summed E-state index contributed by atoms with van der Waals surface area (Å²) < 4.78 is 0. The summed E-state index contributed by atoms with van der Waals surface area (Å²) in [6.45, 7) is 4.14. The molecule has 0 aliphatic carbocycles. The highest BCUT2D eigenvalue weighted by Crippen LogP contribution is 2.02. The van der Waals surface area contributed by atoms with Crippen molar-refractivity contribution in [2.45, 2.75) is 26.3 Å². The van der Waals surface area contributed by atoms with Gasteiger partial charge in [-0.3, -0.25) is 0 Å². The van der Waals surface area contributed by atoms with Gasteiger partial charge in [-0.05, 0) is 30.7 Å². The Labute approximate surface area is 85.6 Å². The van der Waals surface area contributed by atoms with Gasteiger partial charge in [0.15, 0.2) is 0 Å². The van der Waals surface area contributed by atoms with Crippen LogP contribution in [0.5, 0.6) is 0 Å². The molecular weight excluding hydrogens is 172 g/mol. The molecule has 0 heterocycles. The van der Waals surface area contributed by atoms with E-state index in [-0.39, 0.29) is 0 Å². The largest absolute Gasteiger partial charge is 0.313 e. The molecule has 0 spiro atoms. The van der Waals surface area contributed by atoms with Crippen LogP contribution in [-0.2, 0) is 6.54 Å². The van der Waals surface area contributed by atoms with Crippen molar-refractivity contribution in [1.29, 1.82) is 5.26 Å². The molecular formula is C12H16N2. The van der Waals surface area contributed by atoms with E-state index in [1.807, 2.05) is 24.3 Å². The zero-order valence-corrected chi connectivity index (χ0v) is 8.59. The topological polar surface area (TPSA) is 35.8 Å². The number of unbranched alkanes of at least 4 members (excludes halogenated alkanes) is 1. The first-order valence-electron chi connectivity index (χ1n) is 5.06. The summed E-state index contributed by atoms with van der Waals surface area (Å²) in [5.74, 6) is 0. The summed E-state index contributed by atoms with van der Waals surface area (Å²) >= 11 is 0. The number of rotatable bonds is 5. The van der Waals surface area contributed by atoms with Crippen LogP contribution >= 0.6 is 0 Å². The molecule has 0 unspecified atom stereocenters. The molecule has 0 radical (unpaired) electrons. The van der Waals surface area contributed by atoms with Crippen LogP contribution in [0.25, 0.3) is 0 Å². The van der Waals surface area contributed by atoms with Crippen LogP contribution in [-0.4, -0.2) is 6.54 Å². The Balaban J connectivity index is 2.33. The molecule has 1 N–H and O–H groups in total. The first kappa shape index (κ1) is 10.7. The van der Waals surface area contributed by atoms with E-state index in [9.17, 15) is 0 Å². The third-order valence-corrected chi connectivity index (χ3v) is 2.12. The van der Waals surface area contributed by atoms with Crippen LogP contribution in [0.2, 0.25) is 0 Å². The van der Waals surface area contributed by atoms with Gasteiger partial charge < -0.3 is 5.32 Å². The van der Waals surface area contributed by atoms with Gasteiger partial charge in [0.25, 0.3) is 0 Å². The number of hydrogen-bond donors (Lipinski definition) is 1. The predicted octanol–water partition coefficient (Wildman–Crippen LogP) is 2.45. The second-order valence-corrected chi connectivity index (χ2v) is 3.34. The third kappa shape index (κ3) is 3.59. The van der Waals surface area contributed by atoms with Gasteiger partial charge in [0.05, 0.1) is 11.6 Å². The highest BCUT2D eigenvalue weighted by molar-refractivity contribution is 5.31. The van der Waals surface area contributed by atoms with Crippen LogP contribution in [0.4, 0.5) is 0 Å². The fourth-order valence-electron chi connectivity index (χ4n) is 1.23. The highest BCUT2D eigenvalue weighted by Gasteiger charge is 1.92. The van der Waals surface area contributed by atoms with E-state index in [0.717, 1.165) is 18.7 Å². The summed E-state index contributed by atoms with van der Waals surface area (Å²) in [5, 5.41) is 12.0. The Morgan fingerprint density at radius 3 is 2.57 bits per heavy atom. The maximum atomic E-state index is 8.61. The first-order valence-corrected chi connectivity index (χ1v) is 5.06. The van der Waals surface area contributed by atoms with Gasteiger partial charge in [0.2, 0.25) is 0 Å². The fourth-order valence-corrected chi connectivity index (χ4v) is 1.23. The Bertz CT molecular complexity index is 295. The molecule has 14 heavy (non-hydrogen) atoms. The summed E-state index contributed by atoms with van der Waals surface area (Å²) in [6, 6.07) is 9.82. The van der Waals surface area contributed by atoms with E-state index in [2.05, 4.69) is 18.3 Å². The highest BCUT2D eigenvalue weighted by atomic mass is 14.8. The number of benzene rings is 1. The van der Waals surface area contributed by atoms with E-state index in [1.54, 1.807) is 0 Å². The molecule has 0 fully saturated rings. The fraction of sp³-hybridized carbons (Fsp3) is 0.417. The molecule has 0 aromatic heterocycles. The minimum Gasteiger partial charge on any atom is -0.313 e. The second kappa shape index (κ2) is 6.17. The molecule has 0 saturated heterocycles. The van der Waals surface area contributed by atoms with E-state index in [4.69, 9.17) is 5.26 Å². The lowest BCUT2D eigenvalue weighted by molar-refractivity contribution is 0.641. The van der Waals surface area contributed by atoms with Crippen LogP contribution < -0.4 is 5.32 Å². The molecule has 1 aromatic rings. The average molecular weight is 188 g/mol. The Kier molecular flexibility index (Phi) is 4.74. The van der Waals surface area contributed by atoms with Crippen LogP contribution in [0.15, 0.2) is 24.3 Å². The molecule has 0 aliphatic heterocycles. The molecule has 2 nitrogen and oxygen atoms in total. The van der Waals surface area contributed by atoms with Crippen LogP contribution in [0, 0.1) is 11.3 Å². The molecule has 1 aromatic carbocycles. The van der Waals surface area contributed by atoms with Gasteiger partial charge in [-0.2, -0.15) is 5.26 Å². The summed E-state index contributed by atoms with van der Waals surface area (Å²) in [4.78, 5) is 0. The van der Waals surface area contributed by atoms with E-state index in [1.165, 1.54) is 18.4 Å². The van der Waals surface area contributed by atoms with E-state index < -0.39 is 0 Å². The molecule has 0 aliphatic rings. The second-order valence-electron chi connectivity index (χ2n) is 3.34. The monoisotopic (exact) mass is 188 g/mol. The van der Waals surface area contributed by atoms with Crippen LogP contribution in [0.1, 0.15) is 30.9 Å². The first-order chi connectivity index (χ1) is 6.86. The number of nitrogens with zero attached hydrogens (tertiary/aromatic N) is 1. The Morgan fingerprint density at radius 2 is 2.00 bits per heavy atom. The maximum absolute atomic E-state index is 8.61. The number of nitrogens with one attached hydrogen (secondary N) is 1. The van der Waals surface area contributed by atoms with E-state index in [0.29, 0.717) is 0 Å². The summed E-state index contributed by atoms with van der Waals surface area (Å²) in [6.07, 6.45) is 2.44. The van der Waals surface area contributed by atoms with Crippen LogP contribution in [0.3, 0.4) is 0 Å². The Morgan fingerprint density at radius 1 is 1.29 bits per heavy atom. The van der Waals surface area contributed by atoms with Gasteiger partial charge in [-0.1, -0.05) is 25.5 Å². The molecule has 0 saturated carbocycles. The van der Waals surface area contributed by atoms with Gasteiger partial charge in [-0.25, -0.2) is 0 Å². The van der Waals surface area contributed by atoms with Gasteiger partial charge in [0, 0.05) is 6.54 Å². The molecule has 1 rings (SSSR count). The molecule has 2 heteroatoms. The Hall–Kier alpha value is -1.33. The summed E-state index contributed by atoms with van der Waals surface area (Å²) in [7, 11) is 0. The van der Waals surface area contributed by atoms with Crippen molar-refractivity contribution in [3.8, 4) is 6.07 Å². The summed E-state index contributed by atoms with van der Waals surface area (Å²) in [5.41, 5.74) is 1.96. The average Bonchev–Trinajstić information content (AvgIpc) is 2.25. The lowest BCUT2D eigenvalue weighted by Gasteiger charge is -2.03. The normalized spacial score (nSPS) is 9.71. The minimum absolute atomic E-state index is 0.724. The molecule has 74 valence electrons. The van der Waals surface area contributed by atoms with Crippen molar-refractivity contribution < 1.29 is 0 Å². The van der Waals surface area contributed by atoms with Gasteiger partial charge >= 0.3 is 0 Å². The predicted molar refractivity (Wildman–Crippen MR) is 57.8 cm³/mol. The van der Waals surface area contributed by atoms with Gasteiger partial charge in [0.1, 0.15) is 0 Å². The molecule has 0 bridgehead atoms.